The zero-order chi connectivity index (χ0) is 29.1. The number of Topliss-reactive ketones (excluding diaryl/α,β-unsaturated/α-hetero) is 1. The molecule has 2 saturated carbocycles. The number of aromatic amines is 1. The van der Waals surface area contributed by atoms with Crippen LogP contribution in [-0.2, 0) is 9.59 Å². The molecule has 218 valence electrons. The van der Waals surface area contributed by atoms with Gasteiger partial charge in [-0.25, -0.2) is 14.6 Å². The Morgan fingerprint density at radius 3 is 2.42 bits per heavy atom. The van der Waals surface area contributed by atoms with Gasteiger partial charge in [-0.1, -0.05) is 67.6 Å². The number of hydrazone groups is 1. The summed E-state index contributed by atoms with van der Waals surface area (Å²) in [4.78, 5) is 56.1. The minimum absolute atomic E-state index is 0. The molecule has 2 aliphatic carbocycles. The van der Waals surface area contributed by atoms with Gasteiger partial charge in [0.2, 0.25) is 5.91 Å². The molecule has 2 aromatic carbocycles. The maximum Gasteiger partial charge on any atom is 1.00 e. The summed E-state index contributed by atoms with van der Waals surface area (Å²) in [5.74, 6) is -0.734. The smallest absolute Gasteiger partial charge is 0.324 e. The molecule has 2 heterocycles. The van der Waals surface area contributed by atoms with Crippen LogP contribution in [0.2, 0.25) is 0 Å². The van der Waals surface area contributed by atoms with E-state index < -0.39 is 17.7 Å². The van der Waals surface area contributed by atoms with Gasteiger partial charge in [0.1, 0.15) is 6.54 Å². The predicted octanol–water partition coefficient (Wildman–Crippen LogP) is 1.96. The Balaban J connectivity index is 0.00000368. The van der Waals surface area contributed by atoms with E-state index in [1.165, 1.54) is 16.3 Å². The van der Waals surface area contributed by atoms with Crippen LogP contribution in [0.5, 0.6) is 0 Å². The van der Waals surface area contributed by atoms with Crippen LogP contribution in [0.1, 0.15) is 63.4 Å². The molecular weight excluding hydrogens is 559 g/mol. The van der Waals surface area contributed by atoms with Crippen molar-refractivity contribution in [1.82, 2.24) is 15.1 Å². The second kappa shape index (κ2) is 13.8. The number of nitrogens with zero attached hydrogens (tertiary/aromatic N) is 4. The van der Waals surface area contributed by atoms with Gasteiger partial charge in [0.15, 0.2) is 11.6 Å². The molecule has 0 atom stereocenters. The van der Waals surface area contributed by atoms with Crippen molar-refractivity contribution in [2.45, 2.75) is 57.8 Å². The molecule has 0 saturated heterocycles. The van der Waals surface area contributed by atoms with Crippen molar-refractivity contribution in [1.29, 1.82) is 0 Å². The van der Waals surface area contributed by atoms with Crippen LogP contribution in [0.15, 0.2) is 62.9 Å². The number of carbonyl (C=O) groups excluding carboxylic acids is 3. The van der Waals surface area contributed by atoms with Crippen molar-refractivity contribution in [2.24, 2.45) is 16.9 Å². The fourth-order valence-corrected chi connectivity index (χ4v) is 6.30. The second-order valence-corrected chi connectivity index (χ2v) is 11.3. The van der Waals surface area contributed by atoms with Gasteiger partial charge in [-0.05, 0) is 43.9 Å². The third-order valence-corrected chi connectivity index (χ3v) is 8.42. The molecule has 0 bridgehead atoms. The summed E-state index contributed by atoms with van der Waals surface area (Å²) in [6, 6.07) is 13.9. The molecule has 2 N–H and O–H groups in total. The van der Waals surface area contributed by atoms with E-state index in [-0.39, 0.29) is 66.1 Å². The quantitative estimate of drug-likeness (QED) is 0.383. The third-order valence-electron chi connectivity index (χ3n) is 8.42. The summed E-state index contributed by atoms with van der Waals surface area (Å²) in [5.41, 5.74) is 3.30. The van der Waals surface area contributed by atoms with E-state index in [4.69, 9.17) is 5.10 Å². The third kappa shape index (κ3) is 7.00. The fourth-order valence-electron chi connectivity index (χ4n) is 6.30. The summed E-state index contributed by atoms with van der Waals surface area (Å²) in [6.07, 6.45) is 8.98. The first-order valence-electron chi connectivity index (χ1n) is 14.7. The van der Waals surface area contributed by atoms with Crippen molar-refractivity contribution in [3.63, 3.8) is 0 Å². The monoisotopic (exact) mass is 593 g/mol. The Morgan fingerprint density at radius 1 is 0.930 bits per heavy atom. The Kier molecular flexibility index (Phi) is 9.94. The molecule has 0 unspecified atom stereocenters. The summed E-state index contributed by atoms with van der Waals surface area (Å²) < 4.78 is 4.58. The Hall–Kier alpha value is -3.54. The van der Waals surface area contributed by atoms with Gasteiger partial charge in [-0.2, -0.15) is 5.10 Å². The minimum atomic E-state index is -0.678. The molecule has 12 heteroatoms. The van der Waals surface area contributed by atoms with Crippen LogP contribution in [0.3, 0.4) is 0 Å². The molecule has 6 rings (SSSR count). The number of carbonyl (C=O) groups is 3. The first-order chi connectivity index (χ1) is 20.5. The number of nitrogens with one attached hydrogen (secondary N) is 2. The van der Waals surface area contributed by atoms with E-state index >= 15 is 0 Å². The van der Waals surface area contributed by atoms with Crippen LogP contribution in [0, 0.1) is 11.8 Å². The number of hydrogen-bond acceptors (Lipinski definition) is 7. The number of benzene rings is 2. The number of anilines is 2. The van der Waals surface area contributed by atoms with E-state index in [1.807, 2.05) is 24.3 Å². The van der Waals surface area contributed by atoms with Gasteiger partial charge in [0.05, 0.1) is 17.9 Å². The average molecular weight is 594 g/mol. The Morgan fingerprint density at radius 2 is 1.67 bits per heavy atom. The van der Waals surface area contributed by atoms with E-state index in [0.29, 0.717) is 16.9 Å². The molecule has 1 aliphatic heterocycles. The van der Waals surface area contributed by atoms with Crippen molar-refractivity contribution in [3.05, 3.63) is 64.6 Å². The van der Waals surface area contributed by atoms with E-state index in [0.717, 1.165) is 62.6 Å². The molecular formula is C31H34N6NaO5+. The Bertz CT molecular complexity index is 1570. The number of para-hydroxylation sites is 1. The molecule has 43 heavy (non-hydrogen) atoms. The van der Waals surface area contributed by atoms with E-state index in [1.54, 1.807) is 24.3 Å². The topological polar surface area (TPSA) is 141 Å². The number of fused-ring (bicyclic) bond motifs is 1. The number of H-pyrrole nitrogens is 1. The molecule has 2 fully saturated rings. The normalized spacial score (nSPS) is 17.6. The first kappa shape index (κ1) is 30.9. The van der Waals surface area contributed by atoms with Gasteiger partial charge in [-0.15, -0.1) is 0 Å². The summed E-state index contributed by atoms with van der Waals surface area (Å²) in [6.45, 7) is -0.383. The maximum atomic E-state index is 14.1. The van der Waals surface area contributed by atoms with Crippen LogP contribution in [0.25, 0.3) is 11.4 Å². The minimum Gasteiger partial charge on any atom is -0.324 e. The number of rotatable bonds is 8. The number of amides is 3. The first-order valence-corrected chi connectivity index (χ1v) is 14.7. The largest absolute Gasteiger partial charge is 1.00 e. The molecule has 11 nitrogen and oxygen atoms in total. The van der Waals surface area contributed by atoms with Crippen molar-refractivity contribution in [3.8, 4) is 11.4 Å². The standard InChI is InChI=1S/C31H34N6O5.Na/c38-26(20-9-4-5-10-20)18-36-25-16-7-6-15-24(25)28(21-11-2-1-3-12-21)34-37(31(36)41)19-27(39)32-23-14-8-13-22(17-23)29-33-30(40)42-35-29;/h6-8,13-17,20-21H,1-5,9-12,18-19H2,(H,32,39)(H,33,35,40);/q;+1. The van der Waals surface area contributed by atoms with Gasteiger partial charge in [0, 0.05) is 28.7 Å². The van der Waals surface area contributed by atoms with Crippen LogP contribution < -0.4 is 45.5 Å². The molecule has 1 aromatic heterocycles. The van der Waals surface area contributed by atoms with E-state index in [2.05, 4.69) is 20.0 Å². The fraction of sp³-hybridized carbons (Fsp3) is 0.419. The second-order valence-electron chi connectivity index (χ2n) is 11.3. The maximum absolute atomic E-state index is 14.1. The zero-order valence-electron chi connectivity index (χ0n) is 24.4. The summed E-state index contributed by atoms with van der Waals surface area (Å²) >= 11 is 0. The SMILES string of the molecule is O=C(CN1N=C(C2CCCCC2)c2ccccc2N(CC(=O)C2CCCC2)C1=O)Nc1cccc(-c2noc(=O)[nH]2)c1.[Na+]. The number of urea groups is 1. The molecule has 3 amide bonds. The average Bonchev–Trinajstić information content (AvgIpc) is 3.69. The zero-order valence-corrected chi connectivity index (χ0v) is 26.4. The van der Waals surface area contributed by atoms with E-state index in [9.17, 15) is 19.2 Å². The van der Waals surface area contributed by atoms with Crippen molar-refractivity contribution < 1.29 is 48.5 Å². The van der Waals surface area contributed by atoms with Gasteiger partial charge >= 0.3 is 41.3 Å². The number of ketones is 1. The number of hydrogen-bond donors (Lipinski definition) is 2. The van der Waals surface area contributed by atoms with Crippen LogP contribution in [0.4, 0.5) is 16.2 Å². The molecule has 0 radical (unpaired) electrons. The summed E-state index contributed by atoms with van der Waals surface area (Å²) in [7, 11) is 0. The molecule has 0 spiro atoms. The number of aromatic nitrogens is 2. The van der Waals surface area contributed by atoms with Gasteiger partial charge < -0.3 is 5.32 Å². The van der Waals surface area contributed by atoms with Crippen molar-refractivity contribution >= 4 is 34.8 Å². The molecule has 3 aliphatic rings. The van der Waals surface area contributed by atoms with Crippen LogP contribution >= 0.6 is 0 Å². The van der Waals surface area contributed by atoms with Crippen LogP contribution in [-0.4, -0.2) is 51.7 Å². The predicted molar refractivity (Wildman–Crippen MR) is 157 cm³/mol. The van der Waals surface area contributed by atoms with Gasteiger partial charge in [-0.3, -0.25) is 24.0 Å². The Labute approximate surface area is 271 Å². The summed E-state index contributed by atoms with van der Waals surface area (Å²) in [5, 5.41) is 12.6. The van der Waals surface area contributed by atoms with Crippen molar-refractivity contribution in [2.75, 3.05) is 23.3 Å². The van der Waals surface area contributed by atoms with Gasteiger partial charge in [0.25, 0.3) is 0 Å². The molecule has 3 aromatic rings.